The van der Waals surface area contributed by atoms with Crippen LogP contribution in [0.5, 0.6) is 34.5 Å². The highest BCUT2D eigenvalue weighted by molar-refractivity contribution is 5.81. The van der Waals surface area contributed by atoms with Crippen LogP contribution in [0.4, 0.5) is 0 Å². The number of benzene rings is 3. The lowest BCUT2D eigenvalue weighted by Crippen LogP contribution is -2.87. The molecule has 4 aliphatic rings. The number of methoxy groups -OCH3 is 2. The van der Waals surface area contributed by atoms with E-state index in [0.717, 1.165) is 5.56 Å². The van der Waals surface area contributed by atoms with Crippen LogP contribution in [0.1, 0.15) is 28.7 Å². The van der Waals surface area contributed by atoms with Crippen LogP contribution >= 0.6 is 0 Å². The van der Waals surface area contributed by atoms with Gasteiger partial charge in [0.2, 0.25) is 23.9 Å². The highest BCUT2D eigenvalue weighted by Crippen LogP contribution is 2.61. The highest BCUT2D eigenvalue weighted by Gasteiger charge is 2.71. The normalized spacial score (nSPS) is 32.1. The van der Waals surface area contributed by atoms with Crippen molar-refractivity contribution in [1.82, 2.24) is 16.0 Å². The number of hydrogen-bond donors (Lipinski definition) is 9. The monoisotopic (exact) mass is 697 g/mol. The van der Waals surface area contributed by atoms with Crippen LogP contribution in [0, 0.1) is 0 Å². The summed E-state index contributed by atoms with van der Waals surface area (Å²) >= 11 is 0. The lowest BCUT2D eigenvalue weighted by molar-refractivity contribution is -0.362. The van der Waals surface area contributed by atoms with Gasteiger partial charge in [-0.25, -0.2) is 4.79 Å². The molecule has 3 aromatic rings. The van der Waals surface area contributed by atoms with E-state index in [2.05, 4.69) is 16.0 Å². The van der Waals surface area contributed by atoms with E-state index in [0.29, 0.717) is 46.0 Å². The summed E-state index contributed by atoms with van der Waals surface area (Å²) in [5.41, 5.74) is -2.08. The second-order valence-electron chi connectivity index (χ2n) is 12.6. The van der Waals surface area contributed by atoms with Crippen molar-refractivity contribution in [2.75, 3.05) is 34.9 Å². The van der Waals surface area contributed by atoms with Gasteiger partial charge in [-0.1, -0.05) is 12.1 Å². The van der Waals surface area contributed by atoms with Crippen molar-refractivity contribution in [2.45, 2.75) is 60.7 Å². The lowest BCUT2D eigenvalue weighted by atomic mass is 9.74. The van der Waals surface area contributed by atoms with Gasteiger partial charge in [0.05, 0.1) is 26.2 Å². The zero-order chi connectivity index (χ0) is 35.7. The number of aromatic hydroxyl groups is 1. The van der Waals surface area contributed by atoms with Crippen molar-refractivity contribution in [1.29, 1.82) is 0 Å². The Morgan fingerprint density at radius 3 is 2.50 bits per heavy atom. The number of carboxylic acid groups (broad SMARTS) is 1. The molecule has 0 aromatic heterocycles. The fourth-order valence-corrected chi connectivity index (χ4v) is 7.67. The van der Waals surface area contributed by atoms with Gasteiger partial charge in [0.15, 0.2) is 23.3 Å². The number of ether oxygens (including phenoxy) is 6. The van der Waals surface area contributed by atoms with Gasteiger partial charge < -0.3 is 69.7 Å². The average Bonchev–Trinajstić information content (AvgIpc) is 3.50. The molecule has 2 fully saturated rings. The summed E-state index contributed by atoms with van der Waals surface area (Å²) in [6, 6.07) is 10.1. The van der Waals surface area contributed by atoms with Gasteiger partial charge in [-0.3, -0.25) is 5.32 Å². The minimum Gasteiger partial charge on any atom is -0.508 e. The number of carboxylic acids is 1. The molecule has 9 unspecified atom stereocenters. The van der Waals surface area contributed by atoms with Gasteiger partial charge in [0, 0.05) is 30.3 Å². The Hall–Kier alpha value is -4.39. The molecule has 7 rings (SSSR count). The van der Waals surface area contributed by atoms with Crippen LogP contribution in [0.2, 0.25) is 0 Å². The number of aliphatic carboxylic acids is 1. The van der Waals surface area contributed by atoms with E-state index in [1.165, 1.54) is 39.5 Å². The van der Waals surface area contributed by atoms with E-state index in [1.54, 1.807) is 25.2 Å². The third-order valence-corrected chi connectivity index (χ3v) is 10.0. The van der Waals surface area contributed by atoms with Crippen molar-refractivity contribution in [3.63, 3.8) is 0 Å². The Morgan fingerprint density at radius 1 is 1.06 bits per heavy atom. The summed E-state index contributed by atoms with van der Waals surface area (Å²) < 4.78 is 36.0. The van der Waals surface area contributed by atoms with Crippen LogP contribution in [0.3, 0.4) is 0 Å². The Balaban J connectivity index is 1.36. The third kappa shape index (κ3) is 4.86. The van der Waals surface area contributed by atoms with E-state index in [4.69, 9.17) is 28.4 Å². The number of carbonyl (C=O) groups is 1. The number of piperidine rings is 1. The summed E-state index contributed by atoms with van der Waals surface area (Å²) in [5.74, 6) is -1.14. The van der Waals surface area contributed by atoms with Gasteiger partial charge in [-0.15, -0.1) is 0 Å². The second-order valence-corrected chi connectivity index (χ2v) is 12.6. The molecule has 0 aliphatic carbocycles. The zero-order valence-electron chi connectivity index (χ0n) is 27.5. The maximum absolute atomic E-state index is 12.7. The number of nitrogens with one attached hydrogen (secondary N) is 3. The Labute approximate surface area is 286 Å². The number of fused-ring (bicyclic) bond motifs is 7. The molecule has 3 aromatic carbocycles. The Bertz CT molecular complexity index is 1830. The molecule has 9 N–H and O–H groups in total. The van der Waals surface area contributed by atoms with E-state index >= 15 is 0 Å². The second kappa shape index (κ2) is 12.4. The van der Waals surface area contributed by atoms with Gasteiger partial charge in [0.1, 0.15) is 29.5 Å². The standard InChI is InChI=1S/C34H39N3O13/c1-35-12-15-9-20(45-3)25(46-4)27-22(15)24-26(49-27)23-18(14-6-5-7-16(38)8-14)10-17(11-19(23)48-29(24)40)47-30-28(39)34(44)31(41)33(50-30,32(42)43)21(36-2)13-37-34/h5-11,21,24,26,28-31,35-41,44H,12-13H2,1-4H3,(H,42,43). The first-order valence-corrected chi connectivity index (χ1v) is 15.9. The Kier molecular flexibility index (Phi) is 8.47. The van der Waals surface area contributed by atoms with Crippen molar-refractivity contribution in [3.8, 4) is 45.6 Å². The number of hydrogen-bond acceptors (Lipinski definition) is 15. The van der Waals surface area contributed by atoms with Crippen LogP contribution in [0.15, 0.2) is 42.5 Å². The highest BCUT2D eigenvalue weighted by atomic mass is 16.7. The molecule has 16 nitrogen and oxygen atoms in total. The molecular weight excluding hydrogens is 658 g/mol. The fourth-order valence-electron chi connectivity index (χ4n) is 7.67. The molecule has 0 spiro atoms. The van der Waals surface area contributed by atoms with Crippen molar-refractivity contribution in [2.24, 2.45) is 0 Å². The van der Waals surface area contributed by atoms with Gasteiger partial charge in [-0.2, -0.15) is 0 Å². The first kappa shape index (κ1) is 34.1. The number of aliphatic hydroxyl groups is 4. The molecule has 16 heteroatoms. The predicted molar refractivity (Wildman–Crippen MR) is 172 cm³/mol. The van der Waals surface area contributed by atoms with Crippen molar-refractivity contribution >= 4 is 5.97 Å². The topological polar surface area (TPSA) is 230 Å². The average molecular weight is 698 g/mol. The lowest BCUT2D eigenvalue weighted by Gasteiger charge is -2.58. The SMILES string of the molecule is CNCc1cc(OC)c(OC)c2c1C1C(O)Oc3cc(OC4OC5(C(=O)O)C(NC)CNC(O)(C4O)C5O)cc(-c4cccc(O)c4)c3C1O2. The fraction of sp³-hybridized carbons (Fsp3) is 0.441. The largest absolute Gasteiger partial charge is 0.508 e. The number of rotatable bonds is 9. The Morgan fingerprint density at radius 2 is 1.84 bits per heavy atom. The smallest absolute Gasteiger partial charge is 0.340 e. The van der Waals surface area contributed by atoms with Gasteiger partial charge in [-0.05, 0) is 55.1 Å². The van der Waals surface area contributed by atoms with Crippen LogP contribution in [-0.4, -0.2) is 114 Å². The van der Waals surface area contributed by atoms with Gasteiger partial charge >= 0.3 is 5.97 Å². The molecule has 2 bridgehead atoms. The first-order chi connectivity index (χ1) is 23.9. The zero-order valence-corrected chi connectivity index (χ0v) is 27.5. The van der Waals surface area contributed by atoms with Crippen molar-refractivity contribution < 1.29 is 63.9 Å². The predicted octanol–water partition coefficient (Wildman–Crippen LogP) is -0.116. The molecule has 9 atom stereocenters. The molecule has 4 aliphatic heterocycles. The van der Waals surface area contributed by atoms with Crippen LogP contribution in [-0.2, 0) is 16.1 Å². The van der Waals surface area contributed by atoms with Gasteiger partial charge in [0.25, 0.3) is 0 Å². The van der Waals surface area contributed by atoms with E-state index in [9.17, 15) is 35.4 Å². The first-order valence-electron chi connectivity index (χ1n) is 15.9. The summed E-state index contributed by atoms with van der Waals surface area (Å²) in [7, 11) is 6.25. The minimum atomic E-state index is -2.52. The molecule has 0 radical (unpaired) electrons. The maximum Gasteiger partial charge on any atom is 0.340 e. The quantitative estimate of drug-likeness (QED) is 0.142. The van der Waals surface area contributed by atoms with E-state index < -0.39 is 60.1 Å². The number of likely N-dealkylation sites (N-methyl/N-ethyl adjacent to an activating group) is 1. The summed E-state index contributed by atoms with van der Waals surface area (Å²) in [4.78, 5) is 12.7. The van der Waals surface area contributed by atoms with Crippen LogP contribution < -0.4 is 39.6 Å². The molecule has 50 heavy (non-hydrogen) atoms. The summed E-state index contributed by atoms with van der Waals surface area (Å²) in [6.45, 7) is 0.247. The minimum absolute atomic E-state index is 0.0259. The summed E-state index contributed by atoms with van der Waals surface area (Å²) in [6.07, 6.45) is -8.17. The van der Waals surface area contributed by atoms with E-state index in [1.807, 2.05) is 6.07 Å². The maximum atomic E-state index is 12.7. The third-order valence-electron chi connectivity index (χ3n) is 10.0. The van der Waals surface area contributed by atoms with E-state index in [-0.39, 0.29) is 23.8 Å². The number of aliphatic hydroxyl groups excluding tert-OH is 3. The van der Waals surface area contributed by atoms with Crippen LogP contribution in [0.25, 0.3) is 11.1 Å². The number of phenolic OH excluding ortho intramolecular Hbond substituents is 1. The summed E-state index contributed by atoms with van der Waals surface area (Å²) in [5, 5.41) is 74.5. The molecule has 0 saturated carbocycles. The number of phenols is 1. The van der Waals surface area contributed by atoms with Crippen molar-refractivity contribution in [3.05, 3.63) is 59.2 Å². The molecule has 268 valence electrons. The molecule has 2 saturated heterocycles. The molecule has 4 heterocycles. The molecule has 0 amide bonds. The molecular formula is C34H39N3O13.